The normalized spacial score (nSPS) is 24.1. The first kappa shape index (κ1) is 19.9. The molecule has 1 N–H and O–H groups in total. The van der Waals surface area contributed by atoms with Crippen LogP contribution >= 0.6 is 12.3 Å². The molecule has 0 aromatic heterocycles. The quantitative estimate of drug-likeness (QED) is 0.263. The molecule has 2 aliphatic rings. The Labute approximate surface area is 177 Å². The maximum absolute atomic E-state index is 12.3. The summed E-state index contributed by atoms with van der Waals surface area (Å²) in [6, 6.07) is 7.13. The van der Waals surface area contributed by atoms with Gasteiger partial charge in [0.1, 0.15) is 17.3 Å². The molecule has 0 amide bonds. The zero-order chi connectivity index (χ0) is 17.6. The Balaban J connectivity index is 0.00000196. The monoisotopic (exact) mass is 384 g/mol. The van der Waals surface area contributed by atoms with Crippen LogP contribution in [0.1, 0.15) is 43.2 Å². The SMILES string of the molecule is CC12CCc3c(cc(O)c4cc(OSOO[O-])ccc34)C1CCC2=O.[Na+]. The van der Waals surface area contributed by atoms with E-state index in [-0.39, 0.29) is 46.6 Å². The molecule has 4 rings (SSSR count). The van der Waals surface area contributed by atoms with Crippen LogP contribution in [0.25, 0.3) is 10.8 Å². The molecule has 1 saturated carbocycles. The maximum Gasteiger partial charge on any atom is 1.00 e. The number of hydrogen-bond donors (Lipinski definition) is 1. The third-order valence-electron chi connectivity index (χ3n) is 5.75. The van der Waals surface area contributed by atoms with Crippen molar-refractivity contribution in [1.82, 2.24) is 0 Å². The summed E-state index contributed by atoms with van der Waals surface area (Å²) in [5.41, 5.74) is 1.99. The van der Waals surface area contributed by atoms with E-state index in [9.17, 15) is 15.2 Å². The van der Waals surface area contributed by atoms with Crippen molar-refractivity contribution in [2.75, 3.05) is 0 Å². The van der Waals surface area contributed by atoms with Crippen LogP contribution in [0.5, 0.6) is 11.5 Å². The van der Waals surface area contributed by atoms with Crippen LogP contribution in [0.15, 0.2) is 24.3 Å². The number of carbonyl (C=O) groups excluding carboxylic acids is 1. The summed E-state index contributed by atoms with van der Waals surface area (Å²) in [6.45, 7) is 2.06. The van der Waals surface area contributed by atoms with Gasteiger partial charge < -0.3 is 14.5 Å². The Hall–Kier alpha value is -0.800. The predicted octanol–water partition coefficient (Wildman–Crippen LogP) is 0.114. The number of carbonyl (C=O) groups is 1. The van der Waals surface area contributed by atoms with Gasteiger partial charge in [-0.1, -0.05) is 13.0 Å². The van der Waals surface area contributed by atoms with E-state index in [0.29, 0.717) is 35.7 Å². The van der Waals surface area contributed by atoms with Gasteiger partial charge in [-0.2, -0.15) is 0 Å². The van der Waals surface area contributed by atoms with Crippen LogP contribution in [0, 0.1) is 5.41 Å². The van der Waals surface area contributed by atoms with Crippen molar-refractivity contribution in [1.29, 1.82) is 0 Å². The number of Topliss-reactive ketones (excluding diaryl/α,β-unsaturated/α-hetero) is 1. The Bertz CT molecular complexity index is 857. The van der Waals surface area contributed by atoms with Crippen LogP contribution in [0.3, 0.4) is 0 Å². The molecule has 0 aliphatic heterocycles. The smallest absolute Gasteiger partial charge is 0.691 e. The number of hydrogen-bond acceptors (Lipinski definition) is 7. The zero-order valence-corrected chi connectivity index (χ0v) is 17.4. The van der Waals surface area contributed by atoms with E-state index >= 15 is 0 Å². The molecule has 2 atom stereocenters. The van der Waals surface area contributed by atoms with Crippen LogP contribution < -0.4 is 39.0 Å². The van der Waals surface area contributed by atoms with Gasteiger partial charge in [0.25, 0.3) is 12.3 Å². The van der Waals surface area contributed by atoms with Crippen molar-refractivity contribution in [3.05, 3.63) is 35.4 Å². The average Bonchev–Trinajstić information content (AvgIpc) is 2.91. The fraction of sp³-hybridized carbons (Fsp3) is 0.389. The second-order valence-electron chi connectivity index (χ2n) is 6.89. The van der Waals surface area contributed by atoms with Crippen molar-refractivity contribution < 1.29 is 58.3 Å². The largest absolute Gasteiger partial charge is 1.00 e. The number of phenolic OH excluding ortho intramolecular Hbond substituents is 1. The van der Waals surface area contributed by atoms with E-state index < -0.39 is 0 Å². The first-order valence-electron chi connectivity index (χ1n) is 8.16. The zero-order valence-electron chi connectivity index (χ0n) is 14.6. The van der Waals surface area contributed by atoms with Gasteiger partial charge in [0.15, 0.2) is 0 Å². The summed E-state index contributed by atoms with van der Waals surface area (Å²) in [7, 11) is 0. The predicted molar refractivity (Wildman–Crippen MR) is 89.4 cm³/mol. The van der Waals surface area contributed by atoms with Gasteiger partial charge in [0.2, 0.25) is 0 Å². The van der Waals surface area contributed by atoms with Crippen molar-refractivity contribution in [3.63, 3.8) is 0 Å². The van der Waals surface area contributed by atoms with Gasteiger partial charge in [0, 0.05) is 17.2 Å². The molecule has 26 heavy (non-hydrogen) atoms. The summed E-state index contributed by atoms with van der Waals surface area (Å²) >= 11 is 0.408. The van der Waals surface area contributed by atoms with Gasteiger partial charge in [-0.05, 0) is 59.9 Å². The molecule has 6 nitrogen and oxygen atoms in total. The van der Waals surface area contributed by atoms with Crippen LogP contribution in [0.2, 0.25) is 0 Å². The first-order chi connectivity index (χ1) is 12.0. The minimum atomic E-state index is -0.303. The molecule has 2 aromatic carbocycles. The Morgan fingerprint density at radius 1 is 1.27 bits per heavy atom. The summed E-state index contributed by atoms with van der Waals surface area (Å²) in [5.74, 6) is 1.10. The number of aryl methyl sites for hydroxylation is 1. The minimum Gasteiger partial charge on any atom is -0.691 e. The fourth-order valence-electron chi connectivity index (χ4n) is 4.44. The third-order valence-corrected chi connectivity index (χ3v) is 6.13. The van der Waals surface area contributed by atoms with Gasteiger partial charge in [-0.25, -0.2) is 0 Å². The molecule has 0 spiro atoms. The first-order valence-corrected chi connectivity index (χ1v) is 8.83. The number of aromatic hydroxyl groups is 1. The fourth-order valence-corrected chi connectivity index (χ4v) is 4.68. The molecule has 2 aliphatic carbocycles. The molecule has 0 bridgehead atoms. The minimum absolute atomic E-state index is 0. The molecular formula is C18H17NaO6S. The molecule has 132 valence electrons. The Morgan fingerprint density at radius 2 is 2.08 bits per heavy atom. The van der Waals surface area contributed by atoms with Gasteiger partial charge in [-0.15, -0.1) is 4.33 Å². The van der Waals surface area contributed by atoms with E-state index in [1.54, 1.807) is 18.2 Å². The van der Waals surface area contributed by atoms with Gasteiger partial charge >= 0.3 is 29.6 Å². The van der Waals surface area contributed by atoms with E-state index in [1.807, 2.05) is 6.07 Å². The summed E-state index contributed by atoms with van der Waals surface area (Å²) in [5, 5.41) is 25.2. The number of rotatable bonds is 4. The van der Waals surface area contributed by atoms with E-state index in [0.717, 1.165) is 30.2 Å². The summed E-state index contributed by atoms with van der Waals surface area (Å²) in [4.78, 5) is 12.3. The number of phenols is 1. The molecule has 2 unspecified atom stereocenters. The molecule has 2 aromatic rings. The van der Waals surface area contributed by atoms with Crippen molar-refractivity contribution in [2.24, 2.45) is 5.41 Å². The number of benzene rings is 2. The molecule has 8 heteroatoms. The number of ketones is 1. The van der Waals surface area contributed by atoms with Crippen molar-refractivity contribution >= 4 is 28.9 Å². The molecule has 1 fully saturated rings. The second-order valence-corrected chi connectivity index (χ2v) is 7.33. The number of fused-ring (bicyclic) bond motifs is 5. The molecular weight excluding hydrogens is 367 g/mol. The standard InChI is InChI=1S/C18H18O6S.Na/c1-18-7-6-12-11-3-2-10(22-25-24-23-21)8-14(11)16(19)9-13(12)15(18)4-5-17(18)20;/h2-3,8-9,15,19,21H,4-7H2,1H3;/q;+1/p-1. The van der Waals surface area contributed by atoms with E-state index in [4.69, 9.17) is 4.18 Å². The third kappa shape index (κ3) is 3.16. The van der Waals surface area contributed by atoms with Crippen molar-refractivity contribution in [3.8, 4) is 11.5 Å². The van der Waals surface area contributed by atoms with Crippen LogP contribution in [-0.2, 0) is 20.6 Å². The topological polar surface area (TPSA) is 88.1 Å². The molecule has 0 heterocycles. The Kier molecular flexibility index (Phi) is 5.89. The molecule has 0 saturated heterocycles. The van der Waals surface area contributed by atoms with Gasteiger partial charge in [-0.3, -0.25) is 9.83 Å². The van der Waals surface area contributed by atoms with Crippen molar-refractivity contribution in [2.45, 2.75) is 38.5 Å². The summed E-state index contributed by atoms with van der Waals surface area (Å²) < 4.78 is 9.25. The van der Waals surface area contributed by atoms with E-state index in [1.165, 1.54) is 5.56 Å². The van der Waals surface area contributed by atoms with E-state index in [2.05, 4.69) is 16.3 Å². The van der Waals surface area contributed by atoms with Gasteiger partial charge in [0.05, 0.1) is 0 Å². The summed E-state index contributed by atoms with van der Waals surface area (Å²) in [6.07, 6.45) is 3.11. The molecule has 0 radical (unpaired) electrons. The second kappa shape index (κ2) is 7.67. The van der Waals surface area contributed by atoms with Crippen LogP contribution in [0.4, 0.5) is 0 Å². The van der Waals surface area contributed by atoms with Crippen LogP contribution in [-0.4, -0.2) is 10.9 Å². The Morgan fingerprint density at radius 3 is 2.85 bits per heavy atom. The maximum atomic E-state index is 12.3. The average molecular weight is 384 g/mol.